The first-order valence-electron chi connectivity index (χ1n) is 18.2. The molecule has 2 N–H and O–H groups in total. The Kier molecular flexibility index (Phi) is 11.7. The Morgan fingerprint density at radius 2 is 1.79 bits per heavy atom. The molecule has 3 fully saturated rings. The molecule has 0 bridgehead atoms. The Labute approximate surface area is 282 Å². The lowest BCUT2D eigenvalue weighted by Crippen LogP contribution is -2.51. The van der Waals surface area contributed by atoms with Crippen molar-refractivity contribution in [2.45, 2.75) is 117 Å². The summed E-state index contributed by atoms with van der Waals surface area (Å²) in [4.78, 5) is 36.3. The first-order valence-corrected chi connectivity index (χ1v) is 18.2. The zero-order chi connectivity index (χ0) is 33.6. The zero-order valence-electron chi connectivity index (χ0n) is 29.4. The van der Waals surface area contributed by atoms with Gasteiger partial charge in [-0.1, -0.05) is 62.8 Å². The summed E-state index contributed by atoms with van der Waals surface area (Å²) in [5.41, 5.74) is 3.11. The van der Waals surface area contributed by atoms with E-state index in [0.29, 0.717) is 17.8 Å². The van der Waals surface area contributed by atoms with Crippen LogP contribution in [0.25, 0.3) is 0 Å². The fourth-order valence-corrected chi connectivity index (χ4v) is 10.3. The third kappa shape index (κ3) is 8.06. The average molecular weight is 651 g/mol. The highest BCUT2D eigenvalue weighted by Crippen LogP contribution is 2.67. The Hall–Kier alpha value is -2.87. The summed E-state index contributed by atoms with van der Waals surface area (Å²) >= 11 is 0. The van der Waals surface area contributed by atoms with Crippen molar-refractivity contribution in [3.05, 3.63) is 47.5 Å². The molecule has 0 saturated heterocycles. The molecule has 1 aromatic rings. The highest BCUT2D eigenvalue weighted by Gasteiger charge is 2.59. The molecule has 8 heteroatoms. The average Bonchev–Trinajstić information content (AvgIpc) is 3.42. The summed E-state index contributed by atoms with van der Waals surface area (Å²) < 4.78 is 15.9. The van der Waals surface area contributed by atoms with Crippen LogP contribution in [0.4, 0.5) is 4.79 Å². The van der Waals surface area contributed by atoms with Gasteiger partial charge in [0, 0.05) is 13.3 Å². The largest absolute Gasteiger partial charge is 0.467 e. The van der Waals surface area contributed by atoms with Gasteiger partial charge in [0.05, 0.1) is 7.11 Å². The molecule has 47 heavy (non-hydrogen) atoms. The molecular formula is C39H58N2O6. The third-order valence-electron chi connectivity index (χ3n) is 12.7. The maximum atomic E-state index is 12.3. The molecule has 1 aromatic carbocycles. The number of unbranched alkanes of at least 4 members (excludes halogenated alkanes) is 1. The highest BCUT2D eigenvalue weighted by atomic mass is 16.6. The first kappa shape index (κ1) is 35.4. The van der Waals surface area contributed by atoms with E-state index in [9.17, 15) is 14.4 Å². The van der Waals surface area contributed by atoms with Crippen molar-refractivity contribution < 1.29 is 28.6 Å². The van der Waals surface area contributed by atoms with Crippen LogP contribution in [0.15, 0.2) is 42.0 Å². The van der Waals surface area contributed by atoms with Gasteiger partial charge in [0.1, 0.15) is 18.8 Å². The van der Waals surface area contributed by atoms with E-state index in [1.54, 1.807) is 5.57 Å². The number of carbonyl (C=O) groups is 3. The minimum absolute atomic E-state index is 0.0568. The summed E-state index contributed by atoms with van der Waals surface area (Å²) in [7, 11) is 1.34. The maximum Gasteiger partial charge on any atom is 0.408 e. The second-order valence-corrected chi connectivity index (χ2v) is 15.4. The number of hydrogen-bond acceptors (Lipinski definition) is 7. The number of esters is 2. The number of allylic oxidation sites excluding steroid dienone is 1. The summed E-state index contributed by atoms with van der Waals surface area (Å²) in [6.07, 6.45) is 13.8. The number of fused-ring (bicyclic) bond motifs is 5. The molecule has 0 spiro atoms. The van der Waals surface area contributed by atoms with Crippen LogP contribution in [0.2, 0.25) is 0 Å². The second kappa shape index (κ2) is 15.6. The Morgan fingerprint density at radius 3 is 2.53 bits per heavy atom. The van der Waals surface area contributed by atoms with E-state index in [4.69, 9.17) is 14.2 Å². The molecule has 4 aliphatic rings. The molecule has 8 nitrogen and oxygen atoms in total. The Morgan fingerprint density at radius 1 is 1.00 bits per heavy atom. The van der Waals surface area contributed by atoms with E-state index in [2.05, 4.69) is 37.5 Å². The third-order valence-corrected chi connectivity index (χ3v) is 12.7. The molecule has 1 amide bonds. The highest BCUT2D eigenvalue weighted by molar-refractivity contribution is 5.81. The first-order chi connectivity index (χ1) is 22.5. The van der Waals surface area contributed by atoms with Crippen molar-refractivity contribution in [3.63, 3.8) is 0 Å². The van der Waals surface area contributed by atoms with Gasteiger partial charge in [0.25, 0.3) is 0 Å². The van der Waals surface area contributed by atoms with Crippen LogP contribution in [0.5, 0.6) is 0 Å². The van der Waals surface area contributed by atoms with Gasteiger partial charge < -0.3 is 24.8 Å². The summed E-state index contributed by atoms with van der Waals surface area (Å²) in [5.74, 6) is 3.04. The lowest BCUT2D eigenvalue weighted by Gasteiger charge is -2.58. The number of methoxy groups -OCH3 is 1. The minimum Gasteiger partial charge on any atom is -0.467 e. The predicted molar refractivity (Wildman–Crippen MR) is 182 cm³/mol. The van der Waals surface area contributed by atoms with Crippen LogP contribution < -0.4 is 10.6 Å². The number of amides is 1. The quantitative estimate of drug-likeness (QED) is 0.0995. The van der Waals surface area contributed by atoms with Gasteiger partial charge in [0.15, 0.2) is 0 Å². The summed E-state index contributed by atoms with van der Waals surface area (Å²) in [5, 5.41) is 6.40. The molecule has 260 valence electrons. The van der Waals surface area contributed by atoms with Gasteiger partial charge >= 0.3 is 18.0 Å². The van der Waals surface area contributed by atoms with Crippen molar-refractivity contribution in [1.82, 2.24) is 10.6 Å². The van der Waals surface area contributed by atoms with E-state index in [1.165, 1.54) is 46.1 Å². The predicted octanol–water partition coefficient (Wildman–Crippen LogP) is 7.36. The molecule has 0 radical (unpaired) electrons. The molecule has 0 aromatic heterocycles. The molecule has 0 aliphatic heterocycles. The maximum absolute atomic E-state index is 12.3. The van der Waals surface area contributed by atoms with Gasteiger partial charge in [-0.15, -0.1) is 0 Å². The molecule has 0 heterocycles. The number of rotatable bonds is 13. The van der Waals surface area contributed by atoms with Crippen LogP contribution in [-0.4, -0.2) is 50.4 Å². The van der Waals surface area contributed by atoms with Crippen molar-refractivity contribution in [2.24, 2.45) is 40.4 Å². The monoisotopic (exact) mass is 650 g/mol. The fraction of sp³-hybridized carbons (Fsp3) is 0.718. The van der Waals surface area contributed by atoms with Crippen molar-refractivity contribution in [2.75, 3.05) is 20.2 Å². The lowest BCUT2D eigenvalue weighted by molar-refractivity contribution is -0.148. The summed E-state index contributed by atoms with van der Waals surface area (Å²) in [6, 6.07) is 8.75. The SMILES string of the molecule is COC(=O)[C@H](CCCCNC[C@@H](C)[C@H]1CC[C@H]2[C@@H]3CC=C4C[C@@H](OC(C)=O)CC[C@]4(C)[C@H]3CC[C@]12C)NC(=O)OCc1ccccc1. The second-order valence-electron chi connectivity index (χ2n) is 15.4. The van der Waals surface area contributed by atoms with Gasteiger partial charge in [-0.25, -0.2) is 9.59 Å². The van der Waals surface area contributed by atoms with Gasteiger partial charge in [-0.3, -0.25) is 4.79 Å². The number of ether oxygens (including phenoxy) is 3. The molecule has 9 atom stereocenters. The van der Waals surface area contributed by atoms with Gasteiger partial charge in [-0.2, -0.15) is 0 Å². The lowest BCUT2D eigenvalue weighted by atomic mass is 9.47. The Balaban J connectivity index is 1.05. The number of benzene rings is 1. The smallest absolute Gasteiger partial charge is 0.408 e. The normalized spacial score (nSPS) is 32.4. The number of hydrogen-bond donors (Lipinski definition) is 2. The molecule has 5 rings (SSSR count). The zero-order valence-corrected chi connectivity index (χ0v) is 29.4. The van der Waals surface area contributed by atoms with Crippen molar-refractivity contribution in [3.8, 4) is 0 Å². The molecule has 3 saturated carbocycles. The molecule has 0 unspecified atom stereocenters. The van der Waals surface area contributed by atoms with Crippen LogP contribution in [0.1, 0.15) is 104 Å². The molecular weight excluding hydrogens is 592 g/mol. The fourth-order valence-electron chi connectivity index (χ4n) is 10.3. The summed E-state index contributed by atoms with van der Waals surface area (Å²) in [6.45, 7) is 11.1. The van der Waals surface area contributed by atoms with Crippen molar-refractivity contribution >= 4 is 18.0 Å². The van der Waals surface area contributed by atoms with Crippen LogP contribution in [-0.2, 0) is 30.4 Å². The standard InChI is InChI=1S/C39H58N2O6/c1-26(24-40-22-10-9-13-35(36(43)45-5)41-37(44)46-25-28-11-7-6-8-12-28)32-16-17-33-31-15-14-29-23-30(47-27(2)42)18-20-38(29,3)34(31)19-21-39(32,33)4/h6-8,11-12,14,26,30-35,40H,9-10,13,15-25H2,1-5H3,(H,41,44)/t26-,30+,31+,32-,33+,34+,35+,38+,39-/m1/s1. The van der Waals surface area contributed by atoms with E-state index < -0.39 is 18.1 Å². The van der Waals surface area contributed by atoms with E-state index in [0.717, 1.165) is 74.4 Å². The number of carbonyl (C=O) groups excluding carboxylic acids is 3. The van der Waals surface area contributed by atoms with Gasteiger partial charge in [0.2, 0.25) is 0 Å². The van der Waals surface area contributed by atoms with E-state index in [-0.39, 0.29) is 24.1 Å². The van der Waals surface area contributed by atoms with Gasteiger partial charge in [-0.05, 0) is 123 Å². The van der Waals surface area contributed by atoms with Crippen LogP contribution >= 0.6 is 0 Å². The minimum atomic E-state index is -0.718. The Bertz CT molecular complexity index is 1270. The van der Waals surface area contributed by atoms with Crippen LogP contribution in [0, 0.1) is 40.4 Å². The van der Waals surface area contributed by atoms with Crippen LogP contribution in [0.3, 0.4) is 0 Å². The van der Waals surface area contributed by atoms with E-state index in [1.807, 2.05) is 30.3 Å². The topological polar surface area (TPSA) is 103 Å². The van der Waals surface area contributed by atoms with Crippen molar-refractivity contribution in [1.29, 1.82) is 0 Å². The number of alkyl carbamates (subject to hydrolysis) is 1. The number of nitrogens with one attached hydrogen (secondary N) is 2. The van der Waals surface area contributed by atoms with E-state index >= 15 is 0 Å². The molecule has 4 aliphatic carbocycles.